The summed E-state index contributed by atoms with van der Waals surface area (Å²) in [5.41, 5.74) is 1.52. The molecule has 1 fully saturated rings. The van der Waals surface area contributed by atoms with E-state index < -0.39 is 0 Å². The Morgan fingerprint density at radius 3 is 2.23 bits per heavy atom. The number of nitrogens with zero attached hydrogens (tertiary/aromatic N) is 2. The molecule has 0 saturated heterocycles. The van der Waals surface area contributed by atoms with E-state index >= 15 is 0 Å². The van der Waals surface area contributed by atoms with Gasteiger partial charge >= 0.3 is 0 Å². The van der Waals surface area contributed by atoms with Crippen molar-refractivity contribution in [2.75, 3.05) is 32.0 Å². The van der Waals surface area contributed by atoms with Gasteiger partial charge in [0.15, 0.2) is 11.5 Å². The number of carbonyl (C=O) groups is 1. The quantitative estimate of drug-likeness (QED) is 0.785. The number of amides is 1. The molecule has 0 unspecified atom stereocenters. The zero-order chi connectivity index (χ0) is 18.7. The number of nitrogens with one attached hydrogen (secondary N) is 2. The number of rotatable bonds is 7. The molecule has 1 aromatic heterocycles. The van der Waals surface area contributed by atoms with Gasteiger partial charge in [-0.25, -0.2) is 9.97 Å². The van der Waals surface area contributed by atoms with E-state index in [-0.39, 0.29) is 11.6 Å². The molecule has 3 rings (SSSR count). The zero-order valence-electron chi connectivity index (χ0n) is 15.3. The third-order valence-corrected chi connectivity index (χ3v) is 3.92. The van der Waals surface area contributed by atoms with Crippen LogP contribution < -0.4 is 24.8 Å². The number of carbonyl (C=O) groups excluding carboxylic acids is 1. The second-order valence-corrected chi connectivity index (χ2v) is 6.00. The summed E-state index contributed by atoms with van der Waals surface area (Å²) in [6.07, 6.45) is 2.20. The molecule has 2 N–H and O–H groups in total. The van der Waals surface area contributed by atoms with Crippen LogP contribution in [0.1, 0.15) is 29.0 Å². The Kier molecular flexibility index (Phi) is 5.11. The summed E-state index contributed by atoms with van der Waals surface area (Å²) in [7, 11) is 4.57. The van der Waals surface area contributed by atoms with Crippen molar-refractivity contribution in [3.8, 4) is 17.2 Å². The Morgan fingerprint density at radius 2 is 1.69 bits per heavy atom. The highest BCUT2D eigenvalue weighted by molar-refractivity contribution is 6.03. The highest BCUT2D eigenvalue weighted by Crippen LogP contribution is 2.40. The second kappa shape index (κ2) is 7.47. The van der Waals surface area contributed by atoms with Gasteiger partial charge in [0.2, 0.25) is 11.7 Å². The molecule has 0 bridgehead atoms. The Morgan fingerprint density at radius 1 is 1.04 bits per heavy atom. The van der Waals surface area contributed by atoms with E-state index in [1.807, 2.05) is 6.92 Å². The maximum atomic E-state index is 12.6. The van der Waals surface area contributed by atoms with Crippen LogP contribution >= 0.6 is 0 Å². The molecular weight excluding hydrogens is 336 g/mol. The number of aryl methyl sites for hydroxylation is 1. The summed E-state index contributed by atoms with van der Waals surface area (Å²) in [6.45, 7) is 1.83. The minimum absolute atomic E-state index is 0.286. The molecule has 0 atom stereocenters. The number of hydrogen-bond acceptors (Lipinski definition) is 7. The van der Waals surface area contributed by atoms with Gasteiger partial charge in [-0.1, -0.05) is 0 Å². The van der Waals surface area contributed by atoms with Crippen molar-refractivity contribution >= 4 is 17.5 Å². The molecule has 0 spiro atoms. The van der Waals surface area contributed by atoms with Gasteiger partial charge in [0, 0.05) is 29.6 Å². The van der Waals surface area contributed by atoms with Crippen LogP contribution in [0.3, 0.4) is 0 Å². The standard InChI is InChI=1S/C18H22N4O4/c1-10-7-13(22-18(19-10)21-11-5-6-11)17(23)20-12-8-14(24-2)16(26-4)15(9-12)25-3/h7-9,11H,5-6H2,1-4H3,(H,20,23)(H,19,21,22). The Bertz CT molecular complexity index is 796. The number of hydrogen-bond donors (Lipinski definition) is 2. The topological polar surface area (TPSA) is 94.6 Å². The predicted molar refractivity (Wildman–Crippen MR) is 97.5 cm³/mol. The smallest absolute Gasteiger partial charge is 0.274 e. The average Bonchev–Trinajstić information content (AvgIpc) is 3.44. The molecule has 0 radical (unpaired) electrons. The van der Waals surface area contributed by atoms with Gasteiger partial charge in [-0.05, 0) is 25.8 Å². The van der Waals surface area contributed by atoms with E-state index in [1.165, 1.54) is 21.3 Å². The molecule has 1 amide bonds. The van der Waals surface area contributed by atoms with Crippen molar-refractivity contribution in [1.82, 2.24) is 9.97 Å². The van der Waals surface area contributed by atoms with Crippen LogP contribution in [0.2, 0.25) is 0 Å². The van der Waals surface area contributed by atoms with Gasteiger partial charge in [-0.15, -0.1) is 0 Å². The van der Waals surface area contributed by atoms with Crippen molar-refractivity contribution in [3.05, 3.63) is 29.6 Å². The van der Waals surface area contributed by atoms with E-state index in [9.17, 15) is 4.79 Å². The third kappa shape index (κ3) is 3.96. The fourth-order valence-corrected chi connectivity index (χ4v) is 2.51. The highest BCUT2D eigenvalue weighted by Gasteiger charge is 2.23. The lowest BCUT2D eigenvalue weighted by molar-refractivity contribution is 0.102. The first kappa shape index (κ1) is 17.8. The van der Waals surface area contributed by atoms with Gasteiger partial charge in [0.25, 0.3) is 5.91 Å². The number of anilines is 2. The maximum Gasteiger partial charge on any atom is 0.274 e. The van der Waals surface area contributed by atoms with E-state index in [0.29, 0.717) is 34.9 Å². The van der Waals surface area contributed by atoms with Crippen LogP contribution in [0.25, 0.3) is 0 Å². The lowest BCUT2D eigenvalue weighted by atomic mass is 10.2. The van der Waals surface area contributed by atoms with Gasteiger partial charge in [-0.3, -0.25) is 4.79 Å². The van der Waals surface area contributed by atoms with Crippen molar-refractivity contribution < 1.29 is 19.0 Å². The van der Waals surface area contributed by atoms with Gasteiger partial charge in [-0.2, -0.15) is 0 Å². The Labute approximate surface area is 151 Å². The molecule has 1 aromatic carbocycles. The molecule has 1 aliphatic carbocycles. The first-order valence-electron chi connectivity index (χ1n) is 8.27. The lowest BCUT2D eigenvalue weighted by Gasteiger charge is -2.14. The van der Waals surface area contributed by atoms with E-state index in [0.717, 1.165) is 18.5 Å². The van der Waals surface area contributed by atoms with Gasteiger partial charge < -0.3 is 24.8 Å². The van der Waals surface area contributed by atoms with Crippen molar-refractivity contribution in [2.45, 2.75) is 25.8 Å². The molecule has 1 saturated carbocycles. The minimum atomic E-state index is -0.344. The Balaban J connectivity index is 1.84. The SMILES string of the molecule is COc1cc(NC(=O)c2cc(C)nc(NC3CC3)n2)cc(OC)c1OC. The van der Waals surface area contributed by atoms with Crippen LogP contribution in [-0.2, 0) is 0 Å². The number of aromatic nitrogens is 2. The van der Waals surface area contributed by atoms with E-state index in [2.05, 4.69) is 20.6 Å². The predicted octanol–water partition coefficient (Wildman–Crippen LogP) is 2.64. The Hall–Kier alpha value is -3.03. The van der Waals surface area contributed by atoms with Crippen LogP contribution in [0, 0.1) is 6.92 Å². The third-order valence-electron chi connectivity index (χ3n) is 3.92. The highest BCUT2D eigenvalue weighted by atomic mass is 16.5. The maximum absolute atomic E-state index is 12.6. The van der Waals surface area contributed by atoms with Crippen LogP contribution in [0.15, 0.2) is 18.2 Å². The largest absolute Gasteiger partial charge is 0.493 e. The molecule has 8 nitrogen and oxygen atoms in total. The number of methoxy groups -OCH3 is 3. The summed E-state index contributed by atoms with van der Waals surface area (Å²) in [4.78, 5) is 21.3. The fraction of sp³-hybridized carbons (Fsp3) is 0.389. The molecule has 0 aliphatic heterocycles. The number of benzene rings is 1. The first-order valence-corrected chi connectivity index (χ1v) is 8.27. The molecule has 2 aromatic rings. The molecule has 26 heavy (non-hydrogen) atoms. The number of ether oxygens (including phenoxy) is 3. The average molecular weight is 358 g/mol. The first-order chi connectivity index (χ1) is 12.5. The molecule has 138 valence electrons. The van der Waals surface area contributed by atoms with E-state index in [4.69, 9.17) is 14.2 Å². The van der Waals surface area contributed by atoms with Crippen molar-refractivity contribution in [3.63, 3.8) is 0 Å². The van der Waals surface area contributed by atoms with Crippen LogP contribution in [-0.4, -0.2) is 43.2 Å². The monoisotopic (exact) mass is 358 g/mol. The zero-order valence-corrected chi connectivity index (χ0v) is 15.3. The summed E-state index contributed by atoms with van der Waals surface area (Å²) < 4.78 is 15.9. The van der Waals surface area contributed by atoms with Crippen LogP contribution in [0.5, 0.6) is 17.2 Å². The van der Waals surface area contributed by atoms with Crippen molar-refractivity contribution in [2.24, 2.45) is 0 Å². The summed E-state index contributed by atoms with van der Waals surface area (Å²) in [5.74, 6) is 1.50. The molecule has 8 heteroatoms. The summed E-state index contributed by atoms with van der Waals surface area (Å²) >= 11 is 0. The normalized spacial score (nSPS) is 13.1. The summed E-state index contributed by atoms with van der Waals surface area (Å²) in [5, 5.41) is 6.02. The van der Waals surface area contributed by atoms with Gasteiger partial charge in [0.1, 0.15) is 5.69 Å². The van der Waals surface area contributed by atoms with E-state index in [1.54, 1.807) is 18.2 Å². The van der Waals surface area contributed by atoms with Gasteiger partial charge in [0.05, 0.1) is 21.3 Å². The second-order valence-electron chi connectivity index (χ2n) is 6.00. The molecule has 1 heterocycles. The minimum Gasteiger partial charge on any atom is -0.493 e. The summed E-state index contributed by atoms with van der Waals surface area (Å²) in [6, 6.07) is 5.38. The van der Waals surface area contributed by atoms with Crippen LogP contribution in [0.4, 0.5) is 11.6 Å². The lowest BCUT2D eigenvalue weighted by Crippen LogP contribution is -2.16. The fourth-order valence-electron chi connectivity index (χ4n) is 2.51. The van der Waals surface area contributed by atoms with Crippen molar-refractivity contribution in [1.29, 1.82) is 0 Å². The molecular formula is C18H22N4O4. The molecule has 1 aliphatic rings.